The van der Waals surface area contributed by atoms with E-state index >= 15 is 0 Å². The lowest BCUT2D eigenvalue weighted by Gasteiger charge is -2.17. The van der Waals surface area contributed by atoms with Crippen molar-refractivity contribution >= 4 is 17.5 Å². The third-order valence-electron chi connectivity index (χ3n) is 3.41. The zero-order valence-electron chi connectivity index (χ0n) is 9.97. The van der Waals surface area contributed by atoms with Gasteiger partial charge in [-0.2, -0.15) is 0 Å². The number of aromatic nitrogens is 2. The number of hydrogen-bond donors (Lipinski definition) is 2. The van der Waals surface area contributed by atoms with Crippen LogP contribution in [0.1, 0.15) is 29.8 Å². The Kier molecular flexibility index (Phi) is 4.49. The molecule has 2 atom stereocenters. The molecular formula is C12H16ClN3O2. The van der Waals surface area contributed by atoms with Gasteiger partial charge in [-0.25, -0.2) is 4.98 Å². The smallest absolute Gasteiger partial charge is 0.271 e. The molecule has 98 valence electrons. The van der Waals surface area contributed by atoms with E-state index in [0.29, 0.717) is 18.4 Å². The Hall–Kier alpha value is -1.20. The Morgan fingerprint density at radius 3 is 2.94 bits per heavy atom. The van der Waals surface area contributed by atoms with Crippen LogP contribution in [0.4, 0.5) is 0 Å². The van der Waals surface area contributed by atoms with E-state index in [9.17, 15) is 9.90 Å². The Labute approximate surface area is 111 Å². The monoisotopic (exact) mass is 269 g/mol. The van der Waals surface area contributed by atoms with Crippen molar-refractivity contribution in [3.63, 3.8) is 0 Å². The molecule has 0 aromatic carbocycles. The second kappa shape index (κ2) is 6.11. The number of hydrogen-bond acceptors (Lipinski definition) is 4. The molecule has 0 radical (unpaired) electrons. The van der Waals surface area contributed by atoms with Crippen molar-refractivity contribution in [1.82, 2.24) is 15.3 Å². The molecule has 1 saturated carbocycles. The van der Waals surface area contributed by atoms with Gasteiger partial charge in [-0.05, 0) is 24.7 Å². The molecule has 1 heterocycles. The summed E-state index contributed by atoms with van der Waals surface area (Å²) in [7, 11) is 0. The molecule has 2 rings (SSSR count). The van der Waals surface area contributed by atoms with Gasteiger partial charge in [0.2, 0.25) is 0 Å². The molecule has 1 amide bonds. The highest BCUT2D eigenvalue weighted by Gasteiger charge is 2.26. The van der Waals surface area contributed by atoms with E-state index in [0.717, 1.165) is 19.3 Å². The molecule has 1 aliphatic rings. The maximum Gasteiger partial charge on any atom is 0.271 e. The number of nitrogens with zero attached hydrogens (tertiary/aromatic N) is 2. The van der Waals surface area contributed by atoms with Crippen molar-refractivity contribution in [2.45, 2.75) is 19.3 Å². The molecule has 6 heteroatoms. The van der Waals surface area contributed by atoms with Gasteiger partial charge in [0.1, 0.15) is 10.8 Å². The van der Waals surface area contributed by atoms with Crippen molar-refractivity contribution in [2.75, 3.05) is 13.2 Å². The highest BCUT2D eigenvalue weighted by atomic mass is 35.5. The second-order valence-electron chi connectivity index (χ2n) is 4.57. The third-order valence-corrected chi connectivity index (χ3v) is 3.60. The number of halogens is 1. The van der Waals surface area contributed by atoms with Crippen LogP contribution in [0.5, 0.6) is 0 Å². The zero-order chi connectivity index (χ0) is 13.0. The quantitative estimate of drug-likeness (QED) is 0.863. The molecule has 1 aromatic heterocycles. The minimum absolute atomic E-state index is 0.192. The van der Waals surface area contributed by atoms with Gasteiger partial charge in [-0.15, -0.1) is 0 Å². The van der Waals surface area contributed by atoms with Gasteiger partial charge in [0, 0.05) is 13.2 Å². The van der Waals surface area contributed by atoms with Crippen molar-refractivity contribution in [3.8, 4) is 0 Å². The van der Waals surface area contributed by atoms with E-state index < -0.39 is 0 Å². The first-order chi connectivity index (χ1) is 8.70. The summed E-state index contributed by atoms with van der Waals surface area (Å²) in [6.45, 7) is 0.760. The first-order valence-corrected chi connectivity index (χ1v) is 6.45. The van der Waals surface area contributed by atoms with Crippen molar-refractivity contribution < 1.29 is 9.90 Å². The van der Waals surface area contributed by atoms with Crippen LogP contribution in [0.15, 0.2) is 12.4 Å². The Morgan fingerprint density at radius 2 is 2.22 bits per heavy atom. The lowest BCUT2D eigenvalue weighted by atomic mass is 9.97. The topological polar surface area (TPSA) is 75.1 Å². The van der Waals surface area contributed by atoms with Gasteiger partial charge in [-0.3, -0.25) is 9.78 Å². The standard InChI is InChI=1S/C12H16ClN3O2/c13-11-6-14-5-10(16-11)12(18)15-4-8-2-1-3-9(8)7-17/h5-6,8-9,17H,1-4,7H2,(H,15,18). The number of rotatable bonds is 4. The van der Waals surface area contributed by atoms with Gasteiger partial charge >= 0.3 is 0 Å². The molecule has 18 heavy (non-hydrogen) atoms. The lowest BCUT2D eigenvalue weighted by Crippen LogP contribution is -2.32. The zero-order valence-corrected chi connectivity index (χ0v) is 10.7. The molecule has 0 bridgehead atoms. The van der Waals surface area contributed by atoms with E-state index in [1.165, 1.54) is 12.4 Å². The van der Waals surface area contributed by atoms with Gasteiger partial charge in [0.15, 0.2) is 0 Å². The van der Waals surface area contributed by atoms with Crippen LogP contribution < -0.4 is 5.32 Å². The third kappa shape index (κ3) is 3.17. The fourth-order valence-electron chi connectivity index (χ4n) is 2.39. The minimum atomic E-state index is -0.270. The highest BCUT2D eigenvalue weighted by molar-refractivity contribution is 6.29. The molecule has 1 fully saturated rings. The van der Waals surface area contributed by atoms with Crippen molar-refractivity contribution in [3.05, 3.63) is 23.2 Å². The highest BCUT2D eigenvalue weighted by Crippen LogP contribution is 2.30. The fraction of sp³-hybridized carbons (Fsp3) is 0.583. The van der Waals surface area contributed by atoms with Gasteiger partial charge in [0.25, 0.3) is 5.91 Å². The molecule has 5 nitrogen and oxygen atoms in total. The normalized spacial score (nSPS) is 23.0. The van der Waals surface area contributed by atoms with Crippen LogP contribution in [0.3, 0.4) is 0 Å². The van der Waals surface area contributed by atoms with Gasteiger partial charge in [0.05, 0.1) is 12.4 Å². The van der Waals surface area contributed by atoms with Crippen LogP contribution in [-0.2, 0) is 0 Å². The van der Waals surface area contributed by atoms with Crippen molar-refractivity contribution in [2.24, 2.45) is 11.8 Å². The predicted octanol–water partition coefficient (Wildman–Crippen LogP) is 1.27. The van der Waals surface area contributed by atoms with E-state index in [1.54, 1.807) is 0 Å². The maximum atomic E-state index is 11.8. The van der Waals surface area contributed by atoms with Crippen LogP contribution in [0.25, 0.3) is 0 Å². The molecule has 1 aliphatic carbocycles. The fourth-order valence-corrected chi connectivity index (χ4v) is 2.54. The second-order valence-corrected chi connectivity index (χ2v) is 4.96. The van der Waals surface area contributed by atoms with Crippen LogP contribution in [-0.4, -0.2) is 34.1 Å². The Balaban J connectivity index is 1.88. The number of aliphatic hydroxyl groups is 1. The SMILES string of the molecule is O=C(NCC1CCCC1CO)c1cncc(Cl)n1. The predicted molar refractivity (Wildman–Crippen MR) is 67.3 cm³/mol. The van der Waals surface area contributed by atoms with E-state index in [-0.39, 0.29) is 23.4 Å². The number of carbonyl (C=O) groups is 1. The number of aliphatic hydroxyl groups excluding tert-OH is 1. The molecule has 2 N–H and O–H groups in total. The first-order valence-electron chi connectivity index (χ1n) is 6.07. The number of amides is 1. The summed E-state index contributed by atoms with van der Waals surface area (Å²) in [6.07, 6.45) is 5.97. The first kappa shape index (κ1) is 13.2. The summed E-state index contributed by atoms with van der Waals surface area (Å²) < 4.78 is 0. The van der Waals surface area contributed by atoms with Crippen LogP contribution in [0, 0.1) is 11.8 Å². The minimum Gasteiger partial charge on any atom is -0.396 e. The summed E-state index contributed by atoms with van der Waals surface area (Å²) in [5, 5.41) is 12.2. The lowest BCUT2D eigenvalue weighted by molar-refractivity contribution is 0.0932. The Morgan fingerprint density at radius 1 is 1.44 bits per heavy atom. The maximum absolute atomic E-state index is 11.8. The number of carbonyl (C=O) groups excluding carboxylic acids is 1. The average Bonchev–Trinajstić information content (AvgIpc) is 2.83. The van der Waals surface area contributed by atoms with Gasteiger partial charge in [-0.1, -0.05) is 18.0 Å². The van der Waals surface area contributed by atoms with Crippen molar-refractivity contribution in [1.29, 1.82) is 0 Å². The summed E-state index contributed by atoms with van der Waals surface area (Å²) in [4.78, 5) is 19.5. The van der Waals surface area contributed by atoms with Crippen LogP contribution in [0.2, 0.25) is 5.15 Å². The summed E-state index contributed by atoms with van der Waals surface area (Å²) in [5.41, 5.74) is 0.223. The molecule has 2 unspecified atom stereocenters. The molecule has 0 aliphatic heterocycles. The molecule has 0 saturated heterocycles. The average molecular weight is 270 g/mol. The summed E-state index contributed by atoms with van der Waals surface area (Å²) >= 11 is 5.68. The summed E-state index contributed by atoms with van der Waals surface area (Å²) in [5.74, 6) is 0.385. The van der Waals surface area contributed by atoms with E-state index in [4.69, 9.17) is 11.6 Å². The molecule has 1 aromatic rings. The van der Waals surface area contributed by atoms with E-state index in [1.807, 2.05) is 0 Å². The summed E-state index contributed by atoms with van der Waals surface area (Å²) in [6, 6.07) is 0. The molecule has 0 spiro atoms. The molecular weight excluding hydrogens is 254 g/mol. The van der Waals surface area contributed by atoms with Crippen LogP contribution >= 0.6 is 11.6 Å². The van der Waals surface area contributed by atoms with E-state index in [2.05, 4.69) is 15.3 Å². The number of nitrogens with one attached hydrogen (secondary N) is 1. The Bertz CT molecular complexity index is 428. The largest absolute Gasteiger partial charge is 0.396 e. The van der Waals surface area contributed by atoms with Gasteiger partial charge < -0.3 is 10.4 Å².